The normalized spacial score (nSPS) is 10.3. The third kappa shape index (κ3) is 3.72. The summed E-state index contributed by atoms with van der Waals surface area (Å²) in [5, 5.41) is 3.29. The molecule has 1 aromatic heterocycles. The van der Waals surface area contributed by atoms with E-state index in [-0.39, 0.29) is 5.91 Å². The van der Waals surface area contributed by atoms with Crippen LogP contribution in [0.4, 0.5) is 5.69 Å². The van der Waals surface area contributed by atoms with Gasteiger partial charge in [-0.2, -0.15) is 0 Å². The van der Waals surface area contributed by atoms with Crippen molar-refractivity contribution in [3.05, 3.63) is 51.2 Å². The molecule has 0 fully saturated rings. The Kier molecular flexibility index (Phi) is 4.45. The molecule has 0 aliphatic heterocycles. The highest BCUT2D eigenvalue weighted by atomic mass is 35.5. The summed E-state index contributed by atoms with van der Waals surface area (Å²) < 4.78 is 0.785. The van der Waals surface area contributed by atoms with Crippen LogP contribution in [0.25, 0.3) is 0 Å². The van der Waals surface area contributed by atoms with Gasteiger partial charge in [0.05, 0.1) is 4.34 Å². The number of rotatable bonds is 4. The molecule has 0 spiro atoms. The van der Waals surface area contributed by atoms with Gasteiger partial charge < -0.3 is 10.2 Å². The molecule has 100 valence electrons. The van der Waals surface area contributed by atoms with Gasteiger partial charge >= 0.3 is 0 Å². The summed E-state index contributed by atoms with van der Waals surface area (Å²) in [6, 6.07) is 11.4. The van der Waals surface area contributed by atoms with Crippen molar-refractivity contribution in [2.75, 3.05) is 19.4 Å². The van der Waals surface area contributed by atoms with Crippen LogP contribution in [0.3, 0.4) is 0 Å². The van der Waals surface area contributed by atoms with Gasteiger partial charge in [-0.3, -0.25) is 4.79 Å². The lowest BCUT2D eigenvalue weighted by Crippen LogP contribution is -2.21. The summed E-state index contributed by atoms with van der Waals surface area (Å²) in [7, 11) is 3.49. The molecule has 19 heavy (non-hydrogen) atoms. The van der Waals surface area contributed by atoms with Crippen LogP contribution in [0.5, 0.6) is 0 Å². The molecule has 0 saturated carbocycles. The molecule has 0 bridgehead atoms. The van der Waals surface area contributed by atoms with Crippen LogP contribution in [-0.2, 0) is 6.54 Å². The number of carbonyl (C=O) groups excluding carboxylic acids is 1. The van der Waals surface area contributed by atoms with Crippen molar-refractivity contribution in [3.8, 4) is 0 Å². The van der Waals surface area contributed by atoms with Crippen molar-refractivity contribution < 1.29 is 4.79 Å². The molecular weight excluding hydrogens is 280 g/mol. The maximum atomic E-state index is 11.9. The molecule has 1 N–H and O–H groups in total. The average molecular weight is 295 g/mol. The molecule has 1 aromatic carbocycles. The van der Waals surface area contributed by atoms with E-state index < -0.39 is 0 Å². The van der Waals surface area contributed by atoms with Gasteiger partial charge in [0, 0.05) is 36.8 Å². The third-order valence-corrected chi connectivity index (χ3v) is 3.84. The first-order chi connectivity index (χ1) is 9.06. The quantitative estimate of drug-likeness (QED) is 0.932. The van der Waals surface area contributed by atoms with Gasteiger partial charge in [0.1, 0.15) is 0 Å². The molecule has 0 aliphatic rings. The molecule has 2 rings (SSSR count). The number of nitrogens with zero attached hydrogens (tertiary/aromatic N) is 1. The second-order valence-corrected chi connectivity index (χ2v) is 6.14. The zero-order valence-electron chi connectivity index (χ0n) is 10.8. The summed E-state index contributed by atoms with van der Waals surface area (Å²) >= 11 is 7.43. The van der Waals surface area contributed by atoms with E-state index in [4.69, 9.17) is 11.6 Å². The lowest BCUT2D eigenvalue weighted by Gasteiger charge is -2.11. The average Bonchev–Trinajstić information content (AvgIpc) is 2.81. The standard InChI is InChI=1S/C14H15ClN2OS/c1-17(2)14(18)10-4-3-5-11(8-10)16-9-12-6-7-13(15)19-12/h3-8,16H,9H2,1-2H3. The van der Waals surface area contributed by atoms with Gasteiger partial charge in [-0.05, 0) is 30.3 Å². The molecule has 0 saturated heterocycles. The number of thiophene rings is 1. The number of halogens is 1. The van der Waals surface area contributed by atoms with Gasteiger partial charge in [-0.1, -0.05) is 17.7 Å². The SMILES string of the molecule is CN(C)C(=O)c1cccc(NCc2ccc(Cl)s2)c1. The topological polar surface area (TPSA) is 32.3 Å². The van der Waals surface area contributed by atoms with Crippen molar-refractivity contribution in [2.45, 2.75) is 6.54 Å². The highest BCUT2D eigenvalue weighted by molar-refractivity contribution is 7.16. The maximum absolute atomic E-state index is 11.9. The first-order valence-electron chi connectivity index (χ1n) is 5.86. The largest absolute Gasteiger partial charge is 0.380 e. The molecule has 0 radical (unpaired) electrons. The minimum atomic E-state index is 0.00261. The fraction of sp³-hybridized carbons (Fsp3) is 0.214. The van der Waals surface area contributed by atoms with Crippen LogP contribution in [0.1, 0.15) is 15.2 Å². The number of nitrogens with one attached hydrogen (secondary N) is 1. The molecule has 1 heterocycles. The van der Waals surface area contributed by atoms with Crippen molar-refractivity contribution in [3.63, 3.8) is 0 Å². The van der Waals surface area contributed by atoms with Crippen LogP contribution in [-0.4, -0.2) is 24.9 Å². The van der Waals surface area contributed by atoms with Crippen LogP contribution in [0, 0.1) is 0 Å². The van der Waals surface area contributed by atoms with E-state index in [1.165, 1.54) is 0 Å². The zero-order valence-corrected chi connectivity index (χ0v) is 12.4. The Hall–Kier alpha value is -1.52. The monoisotopic (exact) mass is 294 g/mol. The predicted octanol–water partition coefficient (Wildman–Crippen LogP) is 3.72. The molecule has 2 aromatic rings. The fourth-order valence-corrected chi connectivity index (χ4v) is 2.68. The van der Waals surface area contributed by atoms with Crippen molar-refractivity contribution in [1.29, 1.82) is 0 Å². The van der Waals surface area contributed by atoms with Crippen LogP contribution >= 0.6 is 22.9 Å². The van der Waals surface area contributed by atoms with E-state index in [0.717, 1.165) is 14.9 Å². The number of carbonyl (C=O) groups is 1. The fourth-order valence-electron chi connectivity index (χ4n) is 1.66. The van der Waals surface area contributed by atoms with Crippen molar-refractivity contribution in [2.24, 2.45) is 0 Å². The number of hydrogen-bond acceptors (Lipinski definition) is 3. The van der Waals surface area contributed by atoms with E-state index >= 15 is 0 Å². The Morgan fingerprint density at radius 1 is 1.32 bits per heavy atom. The summed E-state index contributed by atoms with van der Waals surface area (Å²) in [5.74, 6) is 0.00261. The molecule has 0 aliphatic carbocycles. The van der Waals surface area contributed by atoms with E-state index in [1.807, 2.05) is 36.4 Å². The summed E-state index contributed by atoms with van der Waals surface area (Å²) in [6.45, 7) is 0.705. The minimum absolute atomic E-state index is 0.00261. The zero-order chi connectivity index (χ0) is 13.8. The van der Waals surface area contributed by atoms with Gasteiger partial charge in [0.2, 0.25) is 0 Å². The predicted molar refractivity (Wildman–Crippen MR) is 81.1 cm³/mol. The second kappa shape index (κ2) is 6.08. The van der Waals surface area contributed by atoms with Gasteiger partial charge in [0.25, 0.3) is 5.91 Å². The Labute approximate surface area is 121 Å². The maximum Gasteiger partial charge on any atom is 0.253 e. The number of benzene rings is 1. The second-order valence-electron chi connectivity index (χ2n) is 4.34. The first kappa shape index (κ1) is 13.9. The van der Waals surface area contributed by atoms with Crippen LogP contribution in [0.2, 0.25) is 4.34 Å². The summed E-state index contributed by atoms with van der Waals surface area (Å²) in [6.07, 6.45) is 0. The number of anilines is 1. The van der Waals surface area contributed by atoms with E-state index in [9.17, 15) is 4.79 Å². The Balaban J connectivity index is 2.05. The van der Waals surface area contributed by atoms with Gasteiger partial charge in [0.15, 0.2) is 0 Å². The van der Waals surface area contributed by atoms with Crippen molar-refractivity contribution >= 4 is 34.5 Å². The Morgan fingerprint density at radius 3 is 2.74 bits per heavy atom. The number of hydrogen-bond donors (Lipinski definition) is 1. The first-order valence-corrected chi connectivity index (χ1v) is 7.05. The molecular formula is C14H15ClN2OS. The molecule has 0 unspecified atom stereocenters. The Bertz CT molecular complexity index is 580. The van der Waals surface area contributed by atoms with Crippen LogP contribution in [0.15, 0.2) is 36.4 Å². The lowest BCUT2D eigenvalue weighted by atomic mass is 10.2. The van der Waals surface area contributed by atoms with Crippen LogP contribution < -0.4 is 5.32 Å². The van der Waals surface area contributed by atoms with Gasteiger partial charge in [-0.25, -0.2) is 0 Å². The Morgan fingerprint density at radius 2 is 2.11 bits per heavy atom. The number of amides is 1. The smallest absolute Gasteiger partial charge is 0.253 e. The van der Waals surface area contributed by atoms with E-state index in [0.29, 0.717) is 12.1 Å². The van der Waals surface area contributed by atoms with Crippen molar-refractivity contribution in [1.82, 2.24) is 4.90 Å². The molecule has 1 amide bonds. The van der Waals surface area contributed by atoms with E-state index in [2.05, 4.69) is 5.32 Å². The third-order valence-electron chi connectivity index (χ3n) is 2.61. The highest BCUT2D eigenvalue weighted by Crippen LogP contribution is 2.22. The lowest BCUT2D eigenvalue weighted by molar-refractivity contribution is 0.0827. The molecule has 0 atom stereocenters. The molecule has 3 nitrogen and oxygen atoms in total. The minimum Gasteiger partial charge on any atom is -0.380 e. The highest BCUT2D eigenvalue weighted by Gasteiger charge is 2.08. The summed E-state index contributed by atoms with van der Waals surface area (Å²) in [4.78, 5) is 14.6. The summed E-state index contributed by atoms with van der Waals surface area (Å²) in [5.41, 5.74) is 1.61. The van der Waals surface area contributed by atoms with Gasteiger partial charge in [-0.15, -0.1) is 11.3 Å². The molecule has 5 heteroatoms. The van der Waals surface area contributed by atoms with E-state index in [1.54, 1.807) is 30.3 Å².